The lowest BCUT2D eigenvalue weighted by Gasteiger charge is -2.39. The lowest BCUT2D eigenvalue weighted by atomic mass is 9.78. The van der Waals surface area contributed by atoms with Crippen LogP contribution in [-0.4, -0.2) is 77.0 Å². The molecular formula is C27H39N5O3S. The number of nitrogens with zero attached hydrogens (tertiary/aromatic N) is 2. The number of fused-ring (bicyclic) bond motifs is 1. The lowest BCUT2D eigenvalue weighted by molar-refractivity contribution is -0.130. The van der Waals surface area contributed by atoms with Crippen molar-refractivity contribution < 1.29 is 14.4 Å². The third kappa shape index (κ3) is 5.45. The smallest absolute Gasteiger partial charge is 0.321 e. The summed E-state index contributed by atoms with van der Waals surface area (Å²) in [7, 11) is 0. The number of likely N-dealkylation sites (tertiary alicyclic amines) is 2. The summed E-state index contributed by atoms with van der Waals surface area (Å²) >= 11 is 1.93. The Morgan fingerprint density at radius 1 is 1.08 bits per heavy atom. The number of piperidine rings is 1. The summed E-state index contributed by atoms with van der Waals surface area (Å²) in [5.74, 6) is 1.25. The zero-order chi connectivity index (χ0) is 25.3. The van der Waals surface area contributed by atoms with E-state index in [4.69, 9.17) is 0 Å². The molecule has 0 aliphatic carbocycles. The molecule has 1 spiro atoms. The number of benzene rings is 1. The minimum absolute atomic E-state index is 0.0255. The average Bonchev–Trinajstić information content (AvgIpc) is 3.54. The SMILES string of the molecule is Cc1ccc(NC(=O)N2CCC3(CCN(C(=O)CCCCC4SCC5NC(=O)NC54)C3)CC2)c(C)c1. The highest BCUT2D eigenvalue weighted by Gasteiger charge is 2.44. The molecule has 1 aromatic carbocycles. The number of unbranched alkanes of at least 4 members (excludes halogenated alkanes) is 1. The van der Waals surface area contributed by atoms with Crippen LogP contribution >= 0.6 is 11.8 Å². The molecule has 0 radical (unpaired) electrons. The number of thioether (sulfide) groups is 1. The van der Waals surface area contributed by atoms with Gasteiger partial charge < -0.3 is 25.8 Å². The molecule has 3 atom stereocenters. The number of nitrogens with one attached hydrogen (secondary N) is 3. The van der Waals surface area contributed by atoms with Gasteiger partial charge in [0.25, 0.3) is 0 Å². The van der Waals surface area contributed by atoms with Gasteiger partial charge in [-0.05, 0) is 63.0 Å². The molecule has 4 aliphatic heterocycles. The van der Waals surface area contributed by atoms with E-state index >= 15 is 0 Å². The summed E-state index contributed by atoms with van der Waals surface area (Å²) in [6.07, 6.45) is 6.54. The van der Waals surface area contributed by atoms with Crippen molar-refractivity contribution in [2.24, 2.45) is 5.41 Å². The van der Waals surface area contributed by atoms with Gasteiger partial charge >= 0.3 is 12.1 Å². The van der Waals surface area contributed by atoms with E-state index in [-0.39, 0.29) is 35.5 Å². The molecule has 0 saturated carbocycles. The fourth-order valence-electron chi connectivity index (χ4n) is 6.31. The van der Waals surface area contributed by atoms with Gasteiger partial charge in [-0.2, -0.15) is 11.8 Å². The van der Waals surface area contributed by atoms with Crippen molar-refractivity contribution in [2.75, 3.05) is 37.2 Å². The Labute approximate surface area is 218 Å². The van der Waals surface area contributed by atoms with Crippen molar-refractivity contribution in [3.05, 3.63) is 29.3 Å². The molecule has 5 amide bonds. The first-order valence-corrected chi connectivity index (χ1v) is 14.5. The van der Waals surface area contributed by atoms with Crippen LogP contribution in [0.1, 0.15) is 56.1 Å². The molecule has 1 aromatic rings. The van der Waals surface area contributed by atoms with E-state index in [2.05, 4.69) is 33.8 Å². The number of hydrogen-bond donors (Lipinski definition) is 3. The van der Waals surface area contributed by atoms with Crippen LogP contribution in [0, 0.1) is 19.3 Å². The van der Waals surface area contributed by atoms with E-state index in [0.29, 0.717) is 11.7 Å². The number of aryl methyl sites for hydroxylation is 2. The summed E-state index contributed by atoms with van der Waals surface area (Å²) in [5, 5.41) is 9.56. The molecule has 0 aromatic heterocycles. The van der Waals surface area contributed by atoms with Gasteiger partial charge in [-0.3, -0.25) is 4.79 Å². The van der Waals surface area contributed by atoms with Crippen LogP contribution in [0.3, 0.4) is 0 Å². The third-order valence-electron chi connectivity index (χ3n) is 8.59. The average molecular weight is 514 g/mol. The lowest BCUT2D eigenvalue weighted by Crippen LogP contribution is -2.46. The molecule has 196 valence electrons. The molecule has 4 heterocycles. The van der Waals surface area contributed by atoms with Crippen LogP contribution in [-0.2, 0) is 4.79 Å². The Bertz CT molecular complexity index is 1010. The number of amides is 5. The molecule has 4 saturated heterocycles. The second-order valence-corrected chi connectivity index (χ2v) is 12.4. The standard InChI is InChI=1S/C27H39N5O3S/c1-18-7-8-20(19(2)15-18)29-26(35)31-12-9-27(10-13-31)11-14-32(17-27)23(33)6-4-3-5-22-24-21(16-36-22)28-25(34)30-24/h7-8,15,21-22,24H,3-6,9-14,16-17H2,1-2H3,(H,29,35)(H2,28,30,34). The van der Waals surface area contributed by atoms with Crippen molar-refractivity contribution in [1.82, 2.24) is 20.4 Å². The Kier molecular flexibility index (Phi) is 7.37. The molecule has 4 aliphatic rings. The Hall–Kier alpha value is -2.42. The van der Waals surface area contributed by atoms with E-state index in [1.807, 2.05) is 35.7 Å². The molecule has 0 bridgehead atoms. The van der Waals surface area contributed by atoms with Crippen LogP contribution in [0.5, 0.6) is 0 Å². The fraction of sp³-hybridized carbons (Fsp3) is 0.667. The molecule has 5 rings (SSSR count). The van der Waals surface area contributed by atoms with Gasteiger partial charge in [0.15, 0.2) is 0 Å². The highest BCUT2D eigenvalue weighted by molar-refractivity contribution is 8.00. The van der Waals surface area contributed by atoms with Gasteiger partial charge in [-0.15, -0.1) is 0 Å². The topological polar surface area (TPSA) is 93.8 Å². The van der Waals surface area contributed by atoms with E-state index in [9.17, 15) is 14.4 Å². The van der Waals surface area contributed by atoms with Crippen LogP contribution in [0.2, 0.25) is 0 Å². The van der Waals surface area contributed by atoms with Gasteiger partial charge in [0.05, 0.1) is 12.1 Å². The maximum Gasteiger partial charge on any atom is 0.321 e. The highest BCUT2D eigenvalue weighted by atomic mass is 32.2. The van der Waals surface area contributed by atoms with Gasteiger partial charge in [-0.1, -0.05) is 24.1 Å². The summed E-state index contributed by atoms with van der Waals surface area (Å²) in [6, 6.07) is 6.52. The van der Waals surface area contributed by atoms with E-state index in [1.54, 1.807) is 0 Å². The summed E-state index contributed by atoms with van der Waals surface area (Å²) in [4.78, 5) is 41.3. The second-order valence-electron chi connectivity index (χ2n) is 11.2. The van der Waals surface area contributed by atoms with Gasteiger partial charge in [0.2, 0.25) is 5.91 Å². The number of carbonyl (C=O) groups is 3. The van der Waals surface area contributed by atoms with E-state index in [1.165, 1.54) is 5.56 Å². The molecular weight excluding hydrogens is 474 g/mol. The summed E-state index contributed by atoms with van der Waals surface area (Å²) < 4.78 is 0. The zero-order valence-electron chi connectivity index (χ0n) is 21.5. The summed E-state index contributed by atoms with van der Waals surface area (Å²) in [6.45, 7) is 7.23. The predicted octanol–water partition coefficient (Wildman–Crippen LogP) is 3.88. The number of anilines is 1. The Balaban J connectivity index is 1.02. The third-order valence-corrected chi connectivity index (χ3v) is 10.1. The van der Waals surface area contributed by atoms with E-state index in [0.717, 1.165) is 81.7 Å². The first kappa shape index (κ1) is 25.2. The van der Waals surface area contributed by atoms with Gasteiger partial charge in [0, 0.05) is 49.3 Å². The number of rotatable bonds is 6. The van der Waals surface area contributed by atoms with E-state index < -0.39 is 0 Å². The van der Waals surface area contributed by atoms with Crippen LogP contribution in [0.4, 0.5) is 15.3 Å². The number of urea groups is 2. The maximum atomic E-state index is 12.9. The molecule has 9 heteroatoms. The van der Waals surface area contributed by atoms with Crippen molar-refractivity contribution in [3.8, 4) is 0 Å². The van der Waals surface area contributed by atoms with Gasteiger partial charge in [-0.25, -0.2) is 9.59 Å². The zero-order valence-corrected chi connectivity index (χ0v) is 22.3. The molecule has 8 nitrogen and oxygen atoms in total. The van der Waals surface area contributed by atoms with Crippen molar-refractivity contribution >= 4 is 35.4 Å². The first-order valence-electron chi connectivity index (χ1n) is 13.4. The van der Waals surface area contributed by atoms with Crippen LogP contribution < -0.4 is 16.0 Å². The van der Waals surface area contributed by atoms with Crippen LogP contribution in [0.15, 0.2) is 18.2 Å². The predicted molar refractivity (Wildman–Crippen MR) is 143 cm³/mol. The minimum atomic E-state index is -0.0405. The highest BCUT2D eigenvalue weighted by Crippen LogP contribution is 2.41. The minimum Gasteiger partial charge on any atom is -0.342 e. The molecule has 3 N–H and O–H groups in total. The van der Waals surface area contributed by atoms with Gasteiger partial charge in [0.1, 0.15) is 0 Å². The Morgan fingerprint density at radius 2 is 1.83 bits per heavy atom. The Morgan fingerprint density at radius 3 is 2.58 bits per heavy atom. The molecule has 36 heavy (non-hydrogen) atoms. The quantitative estimate of drug-likeness (QED) is 0.398. The number of carbonyl (C=O) groups excluding carboxylic acids is 3. The molecule has 3 unspecified atom stereocenters. The number of hydrogen-bond acceptors (Lipinski definition) is 4. The second kappa shape index (κ2) is 10.5. The normalized spacial score (nSPS) is 26.6. The molecule has 4 fully saturated rings. The monoisotopic (exact) mass is 513 g/mol. The van der Waals surface area contributed by atoms with Crippen molar-refractivity contribution in [2.45, 2.75) is 76.1 Å². The fourth-order valence-corrected chi connectivity index (χ4v) is 7.85. The summed E-state index contributed by atoms with van der Waals surface area (Å²) in [5.41, 5.74) is 3.30. The van der Waals surface area contributed by atoms with Crippen LogP contribution in [0.25, 0.3) is 0 Å². The first-order chi connectivity index (χ1) is 17.3. The van der Waals surface area contributed by atoms with Crippen molar-refractivity contribution in [3.63, 3.8) is 0 Å². The maximum absolute atomic E-state index is 12.9. The largest absolute Gasteiger partial charge is 0.342 e. The van der Waals surface area contributed by atoms with Crippen molar-refractivity contribution in [1.29, 1.82) is 0 Å².